The smallest absolute Gasteiger partial charge is 0.174 e. The Morgan fingerprint density at radius 3 is 2.71 bits per heavy atom. The molecule has 0 radical (unpaired) electrons. The van der Waals surface area contributed by atoms with E-state index in [1.807, 2.05) is 35.7 Å². The maximum Gasteiger partial charge on any atom is 0.174 e. The van der Waals surface area contributed by atoms with Gasteiger partial charge in [0.2, 0.25) is 0 Å². The molecule has 0 bridgehead atoms. The number of nitrogens with zero attached hydrogens (tertiary/aromatic N) is 2. The lowest BCUT2D eigenvalue weighted by atomic mass is 9.96. The molecule has 1 unspecified atom stereocenters. The van der Waals surface area contributed by atoms with Gasteiger partial charge in [-0.15, -0.1) is 11.3 Å². The molecule has 1 atom stereocenters. The summed E-state index contributed by atoms with van der Waals surface area (Å²) in [7, 11) is 0. The minimum atomic E-state index is -1.28. The fourth-order valence-electron chi connectivity index (χ4n) is 3.08. The Bertz CT molecular complexity index is 1220. The van der Waals surface area contributed by atoms with Crippen LogP contribution >= 0.6 is 11.3 Å². The van der Waals surface area contributed by atoms with Crippen LogP contribution in [0.1, 0.15) is 23.1 Å². The summed E-state index contributed by atoms with van der Waals surface area (Å²) in [4.78, 5) is 8.35. The highest BCUT2D eigenvalue weighted by atomic mass is 32.1. The normalized spacial score (nSPS) is 13.0. The molecular formula is C23H19N3OS. The molecular weight excluding hydrogens is 366 g/mol. The molecule has 0 saturated heterocycles. The summed E-state index contributed by atoms with van der Waals surface area (Å²) in [6.45, 7) is 3.72. The number of benzene rings is 2. The number of thiazole rings is 1. The molecule has 2 aromatic heterocycles. The maximum atomic E-state index is 10.6. The van der Waals surface area contributed by atoms with Crippen molar-refractivity contribution in [2.45, 2.75) is 19.4 Å². The Morgan fingerprint density at radius 2 is 1.93 bits per heavy atom. The second-order valence-electron chi connectivity index (χ2n) is 6.82. The van der Waals surface area contributed by atoms with E-state index in [9.17, 15) is 5.11 Å². The van der Waals surface area contributed by atoms with Gasteiger partial charge in [0.05, 0.1) is 0 Å². The summed E-state index contributed by atoms with van der Waals surface area (Å²) in [5.41, 5.74) is 8.87. The summed E-state index contributed by atoms with van der Waals surface area (Å²) in [6, 6.07) is 14.2. The first-order valence-corrected chi connectivity index (χ1v) is 9.73. The standard InChI is InChI=1S/C23H19N3OS/c1-15-3-4-16(7-9-23(2,27)22-26-11-12-28-22)13-19(15)18-6-5-17-8-10-25-21(24)20(17)14-18/h3-6,8,10-14,27H,1-2H3,(H2,24,25). The van der Waals surface area contributed by atoms with Crippen LogP contribution < -0.4 is 5.73 Å². The second kappa shape index (κ2) is 7.08. The van der Waals surface area contributed by atoms with E-state index in [0.29, 0.717) is 10.8 Å². The zero-order valence-electron chi connectivity index (χ0n) is 15.6. The van der Waals surface area contributed by atoms with Gasteiger partial charge in [-0.25, -0.2) is 9.97 Å². The van der Waals surface area contributed by atoms with Crippen molar-refractivity contribution in [3.05, 3.63) is 76.4 Å². The topological polar surface area (TPSA) is 72.0 Å². The summed E-state index contributed by atoms with van der Waals surface area (Å²) >= 11 is 1.39. The van der Waals surface area contributed by atoms with E-state index < -0.39 is 5.60 Å². The van der Waals surface area contributed by atoms with E-state index >= 15 is 0 Å². The van der Waals surface area contributed by atoms with Gasteiger partial charge in [0.1, 0.15) is 10.8 Å². The van der Waals surface area contributed by atoms with Crippen molar-refractivity contribution in [1.29, 1.82) is 0 Å². The minimum absolute atomic E-state index is 0.521. The lowest BCUT2D eigenvalue weighted by molar-refractivity contribution is 0.122. The van der Waals surface area contributed by atoms with Gasteiger partial charge in [-0.05, 0) is 60.2 Å². The number of rotatable bonds is 2. The van der Waals surface area contributed by atoms with Crippen LogP contribution in [-0.2, 0) is 5.60 Å². The Kier molecular flexibility index (Phi) is 4.60. The SMILES string of the molecule is Cc1ccc(C#CC(C)(O)c2nccs2)cc1-c1ccc2ccnc(N)c2c1. The van der Waals surface area contributed by atoms with Crippen LogP contribution in [0.4, 0.5) is 5.82 Å². The van der Waals surface area contributed by atoms with E-state index in [2.05, 4.69) is 40.9 Å². The van der Waals surface area contributed by atoms with Crippen molar-refractivity contribution in [1.82, 2.24) is 9.97 Å². The lowest BCUT2D eigenvalue weighted by Crippen LogP contribution is -2.17. The van der Waals surface area contributed by atoms with Crippen LogP contribution in [0.5, 0.6) is 0 Å². The fraction of sp³-hybridized carbons (Fsp3) is 0.130. The molecule has 0 spiro atoms. The van der Waals surface area contributed by atoms with Crippen molar-refractivity contribution in [2.24, 2.45) is 0 Å². The molecule has 28 heavy (non-hydrogen) atoms. The van der Waals surface area contributed by atoms with E-state index in [1.54, 1.807) is 19.3 Å². The van der Waals surface area contributed by atoms with Crippen LogP contribution in [0.2, 0.25) is 0 Å². The molecule has 0 amide bonds. The quantitative estimate of drug-likeness (QED) is 0.498. The van der Waals surface area contributed by atoms with E-state index in [4.69, 9.17) is 5.73 Å². The summed E-state index contributed by atoms with van der Waals surface area (Å²) in [5, 5.41) is 15.0. The first-order chi connectivity index (χ1) is 13.4. The number of fused-ring (bicyclic) bond motifs is 1. The van der Waals surface area contributed by atoms with Gasteiger partial charge in [-0.1, -0.05) is 30.0 Å². The molecule has 3 N–H and O–H groups in total. The van der Waals surface area contributed by atoms with Gasteiger partial charge < -0.3 is 10.8 Å². The van der Waals surface area contributed by atoms with Crippen LogP contribution in [0, 0.1) is 18.8 Å². The third kappa shape index (κ3) is 3.48. The number of aliphatic hydroxyl groups is 1. The number of hydrogen-bond donors (Lipinski definition) is 2. The molecule has 0 aliphatic rings. The molecule has 4 aromatic rings. The van der Waals surface area contributed by atoms with Crippen molar-refractivity contribution in [2.75, 3.05) is 5.73 Å². The maximum absolute atomic E-state index is 10.6. The van der Waals surface area contributed by atoms with E-state index in [0.717, 1.165) is 33.0 Å². The van der Waals surface area contributed by atoms with Crippen molar-refractivity contribution < 1.29 is 5.11 Å². The molecule has 4 rings (SSSR count). The average Bonchev–Trinajstić information content (AvgIpc) is 3.23. The summed E-state index contributed by atoms with van der Waals surface area (Å²) < 4.78 is 0. The van der Waals surface area contributed by atoms with Crippen molar-refractivity contribution in [3.8, 4) is 23.0 Å². The molecule has 0 saturated carbocycles. The summed E-state index contributed by atoms with van der Waals surface area (Å²) in [5.74, 6) is 6.55. The number of aryl methyl sites for hydroxylation is 1. The molecule has 4 nitrogen and oxygen atoms in total. The number of nitrogens with two attached hydrogens (primary N) is 1. The number of pyridine rings is 1. The van der Waals surface area contributed by atoms with Crippen molar-refractivity contribution in [3.63, 3.8) is 0 Å². The van der Waals surface area contributed by atoms with Gasteiger partial charge in [-0.2, -0.15) is 0 Å². The molecule has 0 aliphatic heterocycles. The minimum Gasteiger partial charge on any atom is -0.383 e. The van der Waals surface area contributed by atoms with Gasteiger partial charge in [-0.3, -0.25) is 0 Å². The number of aromatic nitrogens is 2. The second-order valence-corrected chi connectivity index (χ2v) is 7.72. The van der Waals surface area contributed by atoms with Crippen LogP contribution in [0.3, 0.4) is 0 Å². The largest absolute Gasteiger partial charge is 0.383 e. The molecule has 0 aliphatic carbocycles. The third-order valence-corrected chi connectivity index (χ3v) is 5.63. The van der Waals surface area contributed by atoms with Gasteiger partial charge >= 0.3 is 0 Å². The average molecular weight is 385 g/mol. The molecule has 0 fully saturated rings. The van der Waals surface area contributed by atoms with Crippen molar-refractivity contribution >= 4 is 27.9 Å². The van der Waals surface area contributed by atoms with Crippen LogP contribution in [0.15, 0.2) is 60.2 Å². The lowest BCUT2D eigenvalue weighted by Gasteiger charge is -2.12. The van der Waals surface area contributed by atoms with E-state index in [-0.39, 0.29) is 0 Å². The zero-order valence-corrected chi connectivity index (χ0v) is 16.4. The molecule has 2 aromatic carbocycles. The first kappa shape index (κ1) is 18.2. The number of nitrogen functional groups attached to an aromatic ring is 1. The Labute approximate surface area is 167 Å². The Morgan fingerprint density at radius 1 is 1.07 bits per heavy atom. The van der Waals surface area contributed by atoms with Gasteiger partial charge in [0, 0.05) is 28.7 Å². The Hall–Kier alpha value is -3.20. The highest BCUT2D eigenvalue weighted by Crippen LogP contribution is 2.29. The first-order valence-electron chi connectivity index (χ1n) is 8.85. The van der Waals surface area contributed by atoms with Crippen LogP contribution in [-0.4, -0.2) is 15.1 Å². The number of hydrogen-bond acceptors (Lipinski definition) is 5. The summed E-state index contributed by atoms with van der Waals surface area (Å²) in [6.07, 6.45) is 3.38. The van der Waals surface area contributed by atoms with Gasteiger partial charge in [0.25, 0.3) is 0 Å². The van der Waals surface area contributed by atoms with Crippen LogP contribution in [0.25, 0.3) is 21.9 Å². The van der Waals surface area contributed by atoms with Gasteiger partial charge in [0.15, 0.2) is 5.60 Å². The molecule has 138 valence electrons. The highest BCUT2D eigenvalue weighted by molar-refractivity contribution is 7.09. The third-order valence-electron chi connectivity index (χ3n) is 4.64. The monoisotopic (exact) mass is 385 g/mol. The number of anilines is 1. The zero-order chi connectivity index (χ0) is 19.7. The predicted octanol–water partition coefficient (Wildman–Crippen LogP) is 4.51. The van der Waals surface area contributed by atoms with E-state index in [1.165, 1.54) is 11.3 Å². The highest BCUT2D eigenvalue weighted by Gasteiger charge is 2.22. The fourth-order valence-corrected chi connectivity index (χ4v) is 3.73. The Balaban J connectivity index is 1.75. The molecule has 2 heterocycles. The molecule has 5 heteroatoms. The predicted molar refractivity (Wildman–Crippen MR) is 115 cm³/mol.